The summed E-state index contributed by atoms with van der Waals surface area (Å²) >= 11 is 0. The molecule has 0 aliphatic heterocycles. The van der Waals surface area contributed by atoms with Gasteiger partial charge in [-0.2, -0.15) is 4.72 Å². The van der Waals surface area contributed by atoms with Crippen molar-refractivity contribution in [1.29, 1.82) is 0 Å². The topological polar surface area (TPSA) is 86.3 Å². The first-order chi connectivity index (χ1) is 9.90. The third-order valence-electron chi connectivity index (χ3n) is 2.77. The number of benzene rings is 2. The normalized spacial score (nSPS) is 12.8. The highest BCUT2D eigenvalue weighted by molar-refractivity contribution is 7.89. The van der Waals surface area contributed by atoms with Gasteiger partial charge in [0.1, 0.15) is 5.82 Å². The second kappa shape index (κ2) is 6.02. The zero-order valence-corrected chi connectivity index (χ0v) is 11.5. The van der Waals surface area contributed by atoms with E-state index in [1.807, 2.05) is 4.72 Å². The Labute approximate surface area is 121 Å². The number of carbonyl (C=O) groups excluding carboxylic acids is 1. The summed E-state index contributed by atoms with van der Waals surface area (Å²) in [5.74, 6) is -2.17. The Balaban J connectivity index is 2.32. The fourth-order valence-electron chi connectivity index (χ4n) is 1.73. The van der Waals surface area contributed by atoms with Crippen molar-refractivity contribution in [3.8, 4) is 0 Å². The second-order valence-electron chi connectivity index (χ2n) is 4.24. The molecule has 5 nitrogen and oxygen atoms in total. The predicted octanol–water partition coefficient (Wildman–Crippen LogP) is 0.595. The zero-order chi connectivity index (χ0) is 15.5. The van der Waals surface area contributed by atoms with Crippen molar-refractivity contribution < 1.29 is 22.7 Å². The van der Waals surface area contributed by atoms with E-state index in [1.54, 1.807) is 18.2 Å². The van der Waals surface area contributed by atoms with Gasteiger partial charge in [-0.1, -0.05) is 30.3 Å². The molecule has 0 radical (unpaired) electrons. The number of nitrogens with one attached hydrogen (secondary N) is 1. The number of hydrogen-bond acceptors (Lipinski definition) is 4. The molecule has 0 saturated carbocycles. The van der Waals surface area contributed by atoms with Crippen LogP contribution in [0.15, 0.2) is 59.5 Å². The number of carboxylic acid groups (broad SMARTS) is 1. The minimum absolute atomic E-state index is 0.230. The molecule has 1 atom stereocenters. The maximum absolute atomic E-state index is 12.8. The van der Waals surface area contributed by atoms with Crippen LogP contribution in [-0.2, 0) is 14.8 Å². The molecule has 0 aromatic heterocycles. The van der Waals surface area contributed by atoms with Crippen molar-refractivity contribution in [1.82, 2.24) is 4.72 Å². The van der Waals surface area contributed by atoms with Crippen LogP contribution in [0.5, 0.6) is 0 Å². The Morgan fingerprint density at radius 2 is 1.62 bits per heavy atom. The van der Waals surface area contributed by atoms with E-state index < -0.39 is 27.9 Å². The lowest BCUT2D eigenvalue weighted by Crippen LogP contribution is -2.41. The van der Waals surface area contributed by atoms with Crippen molar-refractivity contribution in [2.75, 3.05) is 0 Å². The summed E-state index contributed by atoms with van der Waals surface area (Å²) in [7, 11) is -4.11. The Hall–Kier alpha value is -2.25. The Morgan fingerprint density at radius 3 is 2.14 bits per heavy atom. The van der Waals surface area contributed by atoms with E-state index in [1.165, 1.54) is 12.1 Å². The molecule has 21 heavy (non-hydrogen) atoms. The highest BCUT2D eigenvalue weighted by Crippen LogP contribution is 2.17. The van der Waals surface area contributed by atoms with E-state index >= 15 is 0 Å². The van der Waals surface area contributed by atoms with Crippen molar-refractivity contribution >= 4 is 16.0 Å². The van der Waals surface area contributed by atoms with Gasteiger partial charge in [-0.3, -0.25) is 0 Å². The number of hydrogen-bond donors (Lipinski definition) is 1. The monoisotopic (exact) mass is 308 g/mol. The highest BCUT2D eigenvalue weighted by Gasteiger charge is 2.22. The summed E-state index contributed by atoms with van der Waals surface area (Å²) in [6, 6.07) is 10.3. The van der Waals surface area contributed by atoms with Crippen LogP contribution < -0.4 is 9.83 Å². The largest absolute Gasteiger partial charge is 0.548 e. The van der Waals surface area contributed by atoms with Gasteiger partial charge in [-0.25, -0.2) is 12.8 Å². The van der Waals surface area contributed by atoms with Crippen molar-refractivity contribution in [3.05, 3.63) is 66.0 Å². The van der Waals surface area contributed by atoms with Gasteiger partial charge >= 0.3 is 0 Å². The van der Waals surface area contributed by atoms with E-state index in [0.29, 0.717) is 0 Å². The van der Waals surface area contributed by atoms with Crippen LogP contribution in [0.1, 0.15) is 11.6 Å². The van der Waals surface area contributed by atoms with E-state index in [9.17, 15) is 22.7 Å². The summed E-state index contributed by atoms with van der Waals surface area (Å²) in [6.45, 7) is 0. The third kappa shape index (κ3) is 3.65. The molecule has 2 rings (SSSR count). The first-order valence-electron chi connectivity index (χ1n) is 5.94. The minimum Gasteiger partial charge on any atom is -0.548 e. The van der Waals surface area contributed by atoms with E-state index in [4.69, 9.17) is 0 Å². The lowest BCUT2D eigenvalue weighted by Gasteiger charge is -2.20. The molecular formula is C14H11FNO4S-. The van der Waals surface area contributed by atoms with Crippen LogP contribution in [0.25, 0.3) is 0 Å². The van der Waals surface area contributed by atoms with Gasteiger partial charge < -0.3 is 9.90 Å². The Bertz CT molecular complexity index is 729. The molecule has 0 aliphatic carbocycles. The van der Waals surface area contributed by atoms with Crippen LogP contribution in [0.2, 0.25) is 0 Å². The molecule has 0 spiro atoms. The third-order valence-corrected chi connectivity index (χ3v) is 4.20. The fourth-order valence-corrected chi connectivity index (χ4v) is 2.91. The number of carbonyl (C=O) groups is 1. The summed E-state index contributed by atoms with van der Waals surface area (Å²) < 4.78 is 39.1. The van der Waals surface area contributed by atoms with Crippen LogP contribution in [0.4, 0.5) is 4.39 Å². The van der Waals surface area contributed by atoms with Crippen LogP contribution in [0.3, 0.4) is 0 Å². The maximum atomic E-state index is 12.8. The fraction of sp³-hybridized carbons (Fsp3) is 0.0714. The lowest BCUT2D eigenvalue weighted by atomic mass is 10.1. The Morgan fingerprint density at radius 1 is 1.05 bits per heavy atom. The van der Waals surface area contributed by atoms with Gasteiger partial charge in [0.15, 0.2) is 0 Å². The average molecular weight is 308 g/mol. The standard InChI is InChI=1S/C14H12FNO4S/c15-11-6-8-12(9-7-11)21(19,20)16-13(14(17)18)10-4-2-1-3-5-10/h1-9,13,16H,(H,17,18)/p-1/t13-/m1/s1. The average Bonchev–Trinajstić information content (AvgIpc) is 2.46. The van der Waals surface area contributed by atoms with Gasteiger partial charge in [0.05, 0.1) is 16.9 Å². The predicted molar refractivity (Wildman–Crippen MR) is 70.9 cm³/mol. The van der Waals surface area contributed by atoms with Crippen molar-refractivity contribution in [2.45, 2.75) is 10.9 Å². The molecule has 0 fully saturated rings. The van der Waals surface area contributed by atoms with Crippen LogP contribution >= 0.6 is 0 Å². The molecule has 110 valence electrons. The summed E-state index contributed by atoms with van der Waals surface area (Å²) in [5.41, 5.74) is 0.239. The minimum atomic E-state index is -4.11. The van der Waals surface area contributed by atoms with Gasteiger partial charge in [0.2, 0.25) is 10.0 Å². The van der Waals surface area contributed by atoms with Gasteiger partial charge in [-0.05, 0) is 29.8 Å². The molecular weight excluding hydrogens is 297 g/mol. The number of carboxylic acids is 1. The smallest absolute Gasteiger partial charge is 0.241 e. The zero-order valence-electron chi connectivity index (χ0n) is 10.7. The van der Waals surface area contributed by atoms with Gasteiger partial charge in [0, 0.05) is 0 Å². The molecule has 2 aromatic carbocycles. The molecule has 0 unspecified atom stereocenters. The van der Waals surface area contributed by atoms with Crippen molar-refractivity contribution in [2.24, 2.45) is 0 Å². The number of aliphatic carboxylic acids is 1. The van der Waals surface area contributed by atoms with Crippen LogP contribution in [0, 0.1) is 5.82 Å². The maximum Gasteiger partial charge on any atom is 0.241 e. The summed E-state index contributed by atoms with van der Waals surface area (Å²) in [5, 5.41) is 11.2. The molecule has 0 saturated heterocycles. The summed E-state index contributed by atoms with van der Waals surface area (Å²) in [4.78, 5) is 10.9. The summed E-state index contributed by atoms with van der Waals surface area (Å²) in [6.07, 6.45) is 0. The van der Waals surface area contributed by atoms with Crippen LogP contribution in [-0.4, -0.2) is 14.4 Å². The number of rotatable bonds is 5. The molecule has 7 heteroatoms. The molecule has 0 bridgehead atoms. The first-order valence-corrected chi connectivity index (χ1v) is 7.42. The Kier molecular flexibility index (Phi) is 4.35. The van der Waals surface area contributed by atoms with Gasteiger partial charge in [0.25, 0.3) is 0 Å². The van der Waals surface area contributed by atoms with E-state index in [2.05, 4.69) is 0 Å². The lowest BCUT2D eigenvalue weighted by molar-refractivity contribution is -0.308. The van der Waals surface area contributed by atoms with Gasteiger partial charge in [-0.15, -0.1) is 0 Å². The quantitative estimate of drug-likeness (QED) is 0.876. The second-order valence-corrected chi connectivity index (χ2v) is 5.95. The number of halogens is 1. The first kappa shape index (κ1) is 15.1. The molecule has 1 N–H and O–H groups in total. The van der Waals surface area contributed by atoms with E-state index in [0.717, 1.165) is 24.3 Å². The van der Waals surface area contributed by atoms with Crippen molar-refractivity contribution in [3.63, 3.8) is 0 Å². The molecule has 0 amide bonds. The number of sulfonamides is 1. The molecule has 2 aromatic rings. The molecule has 0 aliphatic rings. The highest BCUT2D eigenvalue weighted by atomic mass is 32.2. The SMILES string of the molecule is O=C([O-])[C@H](NS(=O)(=O)c1ccc(F)cc1)c1ccccc1. The van der Waals surface area contributed by atoms with E-state index in [-0.39, 0.29) is 10.5 Å². The molecule has 0 heterocycles.